The number of nitrogens with two attached hydrogens (primary N) is 1. The summed E-state index contributed by atoms with van der Waals surface area (Å²) in [6, 6.07) is 7.92. The molecule has 17 heavy (non-hydrogen) atoms. The van der Waals surface area contributed by atoms with Crippen molar-refractivity contribution in [3.05, 3.63) is 29.8 Å². The van der Waals surface area contributed by atoms with Gasteiger partial charge in [0.1, 0.15) is 5.75 Å². The first-order valence-corrected chi connectivity index (χ1v) is 6.22. The van der Waals surface area contributed by atoms with Crippen molar-refractivity contribution in [2.24, 2.45) is 11.7 Å². The highest BCUT2D eigenvalue weighted by molar-refractivity contribution is 7.80. The number of ether oxygens (including phenoxy) is 2. The van der Waals surface area contributed by atoms with Crippen LogP contribution in [0.4, 0.5) is 0 Å². The van der Waals surface area contributed by atoms with Crippen LogP contribution in [0, 0.1) is 5.92 Å². The molecule has 1 heterocycles. The fraction of sp³-hybridized carbons (Fsp3) is 0.462. The van der Waals surface area contributed by atoms with Gasteiger partial charge in [-0.2, -0.15) is 0 Å². The van der Waals surface area contributed by atoms with Gasteiger partial charge in [0.05, 0.1) is 18.2 Å². The summed E-state index contributed by atoms with van der Waals surface area (Å²) in [6.07, 6.45) is 1.74. The number of benzene rings is 1. The monoisotopic (exact) mass is 251 g/mol. The lowest BCUT2D eigenvalue weighted by atomic mass is 10.1. The van der Waals surface area contributed by atoms with Gasteiger partial charge in [0, 0.05) is 18.9 Å². The summed E-state index contributed by atoms with van der Waals surface area (Å²) in [5.74, 6) is 1.43. The minimum Gasteiger partial charge on any atom is -0.493 e. The molecule has 0 aliphatic carbocycles. The topological polar surface area (TPSA) is 44.5 Å². The third-order valence-corrected chi connectivity index (χ3v) is 2.96. The van der Waals surface area contributed by atoms with Crippen LogP contribution < -0.4 is 10.5 Å². The summed E-state index contributed by atoms with van der Waals surface area (Å²) in [6.45, 7) is 2.41. The quantitative estimate of drug-likeness (QED) is 0.812. The van der Waals surface area contributed by atoms with Gasteiger partial charge in [0.2, 0.25) is 0 Å². The molecule has 2 N–H and O–H groups in total. The van der Waals surface area contributed by atoms with Crippen LogP contribution in [0.3, 0.4) is 0 Å². The third-order valence-electron chi connectivity index (χ3n) is 2.81. The minimum atomic E-state index is 0.516. The first-order chi connectivity index (χ1) is 8.24. The van der Waals surface area contributed by atoms with E-state index in [2.05, 4.69) is 0 Å². The summed E-state index contributed by atoms with van der Waals surface area (Å²) in [7, 11) is 0. The van der Waals surface area contributed by atoms with E-state index in [0.717, 1.165) is 37.6 Å². The van der Waals surface area contributed by atoms with Crippen LogP contribution in [0.5, 0.6) is 5.75 Å². The van der Waals surface area contributed by atoms with Gasteiger partial charge in [-0.15, -0.1) is 0 Å². The molecular weight excluding hydrogens is 234 g/mol. The molecule has 1 saturated heterocycles. The average molecular weight is 251 g/mol. The standard InChI is InChI=1S/C13H17NO2S/c14-13(17)7-10-1-3-12(4-2-10)16-9-11-5-6-15-8-11/h1-4,11H,5-9H2,(H2,14,17). The van der Waals surface area contributed by atoms with E-state index in [4.69, 9.17) is 27.4 Å². The number of thiocarbonyl (C=S) groups is 1. The van der Waals surface area contributed by atoms with Crippen LogP contribution >= 0.6 is 12.2 Å². The Balaban J connectivity index is 1.82. The van der Waals surface area contributed by atoms with Crippen LogP contribution in [0.1, 0.15) is 12.0 Å². The van der Waals surface area contributed by atoms with Crippen molar-refractivity contribution in [3.63, 3.8) is 0 Å². The summed E-state index contributed by atoms with van der Waals surface area (Å²) in [5.41, 5.74) is 6.61. The Hall–Kier alpha value is -1.13. The summed E-state index contributed by atoms with van der Waals surface area (Å²) in [5, 5.41) is 0. The Bertz CT molecular complexity index is 372. The summed E-state index contributed by atoms with van der Waals surface area (Å²) < 4.78 is 11.0. The first kappa shape index (κ1) is 12.3. The molecule has 3 nitrogen and oxygen atoms in total. The normalized spacial score (nSPS) is 19.2. The van der Waals surface area contributed by atoms with Crippen molar-refractivity contribution in [1.82, 2.24) is 0 Å². The maximum Gasteiger partial charge on any atom is 0.119 e. The molecule has 0 aromatic heterocycles. The van der Waals surface area contributed by atoms with Crippen LogP contribution in [-0.2, 0) is 11.2 Å². The smallest absolute Gasteiger partial charge is 0.119 e. The largest absolute Gasteiger partial charge is 0.493 e. The molecule has 0 spiro atoms. The SMILES string of the molecule is NC(=S)Cc1ccc(OCC2CCOC2)cc1. The zero-order valence-corrected chi connectivity index (χ0v) is 10.5. The molecule has 1 aliphatic rings. The lowest BCUT2D eigenvalue weighted by Gasteiger charge is -2.10. The van der Waals surface area contributed by atoms with Crippen molar-refractivity contribution in [2.45, 2.75) is 12.8 Å². The minimum absolute atomic E-state index is 0.516. The van der Waals surface area contributed by atoms with Gasteiger partial charge < -0.3 is 15.2 Å². The maximum atomic E-state index is 5.71. The van der Waals surface area contributed by atoms with E-state index in [1.807, 2.05) is 24.3 Å². The maximum absolute atomic E-state index is 5.71. The fourth-order valence-electron chi connectivity index (χ4n) is 1.83. The molecule has 0 bridgehead atoms. The molecule has 2 rings (SSSR count). The van der Waals surface area contributed by atoms with Crippen LogP contribution in [0.15, 0.2) is 24.3 Å². The molecule has 0 amide bonds. The molecule has 1 atom stereocenters. The Morgan fingerprint density at radius 2 is 2.18 bits per heavy atom. The van der Waals surface area contributed by atoms with E-state index in [1.165, 1.54) is 0 Å². The molecule has 4 heteroatoms. The Kier molecular flexibility index (Phi) is 4.34. The van der Waals surface area contributed by atoms with E-state index in [9.17, 15) is 0 Å². The van der Waals surface area contributed by atoms with Crippen LogP contribution in [-0.4, -0.2) is 24.8 Å². The van der Waals surface area contributed by atoms with Crippen LogP contribution in [0.2, 0.25) is 0 Å². The molecule has 1 aliphatic heterocycles. The second-order valence-electron chi connectivity index (χ2n) is 4.33. The van der Waals surface area contributed by atoms with Crippen LogP contribution in [0.25, 0.3) is 0 Å². The van der Waals surface area contributed by atoms with Crippen molar-refractivity contribution in [3.8, 4) is 5.75 Å². The van der Waals surface area contributed by atoms with E-state index in [0.29, 0.717) is 17.3 Å². The third kappa shape index (κ3) is 3.98. The Morgan fingerprint density at radius 3 is 2.76 bits per heavy atom. The van der Waals surface area contributed by atoms with Crippen molar-refractivity contribution in [2.75, 3.05) is 19.8 Å². The second-order valence-corrected chi connectivity index (χ2v) is 4.85. The average Bonchev–Trinajstić information content (AvgIpc) is 2.80. The van der Waals surface area contributed by atoms with E-state index >= 15 is 0 Å². The van der Waals surface area contributed by atoms with Gasteiger partial charge in [0.25, 0.3) is 0 Å². The summed E-state index contributed by atoms with van der Waals surface area (Å²) in [4.78, 5) is 0.516. The number of hydrogen-bond acceptors (Lipinski definition) is 3. The predicted molar refractivity (Wildman–Crippen MR) is 71.4 cm³/mol. The van der Waals surface area contributed by atoms with Gasteiger partial charge in [-0.05, 0) is 24.1 Å². The lowest BCUT2D eigenvalue weighted by Crippen LogP contribution is -2.12. The Labute approximate surface area is 107 Å². The molecule has 1 unspecified atom stereocenters. The molecule has 92 valence electrons. The van der Waals surface area contributed by atoms with E-state index in [1.54, 1.807) is 0 Å². The second kappa shape index (κ2) is 5.98. The van der Waals surface area contributed by atoms with Crippen molar-refractivity contribution < 1.29 is 9.47 Å². The molecule has 1 fully saturated rings. The number of hydrogen-bond donors (Lipinski definition) is 1. The van der Waals surface area contributed by atoms with Gasteiger partial charge >= 0.3 is 0 Å². The highest BCUT2D eigenvalue weighted by Gasteiger charge is 2.15. The molecule has 0 saturated carbocycles. The zero-order chi connectivity index (χ0) is 12.1. The van der Waals surface area contributed by atoms with E-state index < -0.39 is 0 Å². The molecule has 1 aromatic rings. The van der Waals surface area contributed by atoms with Crippen molar-refractivity contribution in [1.29, 1.82) is 0 Å². The molecule has 0 radical (unpaired) electrons. The van der Waals surface area contributed by atoms with Gasteiger partial charge in [-0.3, -0.25) is 0 Å². The van der Waals surface area contributed by atoms with Crippen molar-refractivity contribution >= 4 is 17.2 Å². The first-order valence-electron chi connectivity index (χ1n) is 5.82. The molecule has 1 aromatic carbocycles. The van der Waals surface area contributed by atoms with E-state index in [-0.39, 0.29) is 0 Å². The van der Waals surface area contributed by atoms with Gasteiger partial charge in [0.15, 0.2) is 0 Å². The molecular formula is C13H17NO2S. The fourth-order valence-corrected chi connectivity index (χ4v) is 2.00. The summed E-state index contributed by atoms with van der Waals surface area (Å²) >= 11 is 4.87. The lowest BCUT2D eigenvalue weighted by molar-refractivity contribution is 0.167. The van der Waals surface area contributed by atoms with Gasteiger partial charge in [-0.25, -0.2) is 0 Å². The number of rotatable bonds is 5. The van der Waals surface area contributed by atoms with Gasteiger partial charge in [-0.1, -0.05) is 24.4 Å². The zero-order valence-electron chi connectivity index (χ0n) is 9.72. The predicted octanol–water partition coefficient (Wildman–Crippen LogP) is 1.93. The highest BCUT2D eigenvalue weighted by atomic mass is 32.1. The highest BCUT2D eigenvalue weighted by Crippen LogP contribution is 2.17. The Morgan fingerprint density at radius 1 is 1.41 bits per heavy atom.